The number of ether oxygens (including phenoxy) is 1. The van der Waals surface area contributed by atoms with Crippen molar-refractivity contribution in [3.63, 3.8) is 0 Å². The SMILES string of the molecule is C1=CC(c2cccc(-c3nc(C4=CCC5C(=C4)OC4=C5CCCC4)nc(-c4ccc5c(c4)C=CCC5)n3)c2)=CCC1. The summed E-state index contributed by atoms with van der Waals surface area (Å²) in [5.41, 5.74) is 9.65. The molecule has 0 bridgehead atoms. The van der Waals surface area contributed by atoms with Crippen LogP contribution < -0.4 is 0 Å². The Morgan fingerprint density at radius 2 is 1.51 bits per heavy atom. The van der Waals surface area contributed by atoms with Crippen molar-refractivity contribution >= 4 is 17.2 Å². The van der Waals surface area contributed by atoms with Crippen LogP contribution in [-0.4, -0.2) is 15.0 Å². The third-order valence-corrected chi connectivity index (χ3v) is 8.96. The summed E-state index contributed by atoms with van der Waals surface area (Å²) in [7, 11) is 0. The van der Waals surface area contributed by atoms with Crippen molar-refractivity contribution in [3.05, 3.63) is 119 Å². The van der Waals surface area contributed by atoms with Crippen LogP contribution in [0.3, 0.4) is 0 Å². The Morgan fingerprint density at radius 3 is 2.41 bits per heavy atom. The number of hydrogen-bond acceptors (Lipinski definition) is 4. The molecule has 1 atom stereocenters. The summed E-state index contributed by atoms with van der Waals surface area (Å²) in [6.45, 7) is 0. The molecule has 3 aromatic rings. The van der Waals surface area contributed by atoms with Gasteiger partial charge in [-0.1, -0.05) is 66.8 Å². The van der Waals surface area contributed by atoms with E-state index in [9.17, 15) is 0 Å². The summed E-state index contributed by atoms with van der Waals surface area (Å²) in [5.74, 6) is 4.78. The first-order chi connectivity index (χ1) is 20.3. The van der Waals surface area contributed by atoms with E-state index in [0.717, 1.165) is 67.4 Å². The zero-order valence-corrected chi connectivity index (χ0v) is 23.3. The van der Waals surface area contributed by atoms with Crippen molar-refractivity contribution in [1.29, 1.82) is 0 Å². The molecule has 1 aliphatic heterocycles. The lowest BCUT2D eigenvalue weighted by Gasteiger charge is -2.19. The van der Waals surface area contributed by atoms with E-state index in [4.69, 9.17) is 19.7 Å². The van der Waals surface area contributed by atoms with Crippen LogP contribution in [0.5, 0.6) is 0 Å². The van der Waals surface area contributed by atoms with E-state index in [-0.39, 0.29) is 0 Å². The van der Waals surface area contributed by atoms with Gasteiger partial charge >= 0.3 is 0 Å². The third-order valence-electron chi connectivity index (χ3n) is 8.96. The van der Waals surface area contributed by atoms with Crippen LogP contribution in [0.1, 0.15) is 73.9 Å². The number of hydrogen-bond donors (Lipinski definition) is 0. The summed E-state index contributed by atoms with van der Waals surface area (Å²) in [6.07, 6.45) is 25.8. The van der Waals surface area contributed by atoms with Gasteiger partial charge in [0.2, 0.25) is 0 Å². The zero-order chi connectivity index (χ0) is 27.2. The first-order valence-corrected chi connectivity index (χ1v) is 15.1. The van der Waals surface area contributed by atoms with Gasteiger partial charge in [0.1, 0.15) is 11.5 Å². The van der Waals surface area contributed by atoms with Crippen molar-refractivity contribution in [2.45, 2.75) is 57.8 Å². The molecule has 202 valence electrons. The van der Waals surface area contributed by atoms with E-state index in [1.807, 2.05) is 0 Å². The molecule has 0 spiro atoms. The second-order valence-electron chi connectivity index (χ2n) is 11.6. The Morgan fingerprint density at radius 1 is 0.683 bits per heavy atom. The fraction of sp³-hybridized carbons (Fsp3) is 0.270. The Balaban J connectivity index is 1.22. The first kappa shape index (κ1) is 24.5. The lowest BCUT2D eigenvalue weighted by Crippen LogP contribution is -2.09. The Hall–Kier alpha value is -4.31. The van der Waals surface area contributed by atoms with Gasteiger partial charge in [-0.15, -0.1) is 0 Å². The number of allylic oxidation sites excluding steroid dienone is 10. The molecule has 4 heteroatoms. The fourth-order valence-corrected chi connectivity index (χ4v) is 6.77. The van der Waals surface area contributed by atoms with Crippen LogP contribution in [0.25, 0.3) is 40.0 Å². The van der Waals surface area contributed by atoms with Gasteiger partial charge < -0.3 is 4.74 Å². The van der Waals surface area contributed by atoms with Crippen LogP contribution >= 0.6 is 0 Å². The summed E-state index contributed by atoms with van der Waals surface area (Å²) < 4.78 is 6.40. The molecule has 0 N–H and O–H groups in total. The van der Waals surface area contributed by atoms with Crippen molar-refractivity contribution in [1.82, 2.24) is 15.0 Å². The average molecular weight is 536 g/mol. The van der Waals surface area contributed by atoms with Gasteiger partial charge in [-0.3, -0.25) is 0 Å². The largest absolute Gasteiger partial charge is 0.465 e. The second kappa shape index (κ2) is 10.3. The van der Waals surface area contributed by atoms with Crippen LogP contribution in [0.4, 0.5) is 0 Å². The average Bonchev–Trinajstić information content (AvgIpc) is 3.43. The lowest BCUT2D eigenvalue weighted by atomic mass is 9.84. The van der Waals surface area contributed by atoms with Gasteiger partial charge in [0.15, 0.2) is 17.5 Å². The van der Waals surface area contributed by atoms with Crippen LogP contribution in [0.2, 0.25) is 0 Å². The molecule has 0 amide bonds. The van der Waals surface area contributed by atoms with E-state index in [1.54, 1.807) is 0 Å². The predicted octanol–water partition coefficient (Wildman–Crippen LogP) is 9.04. The third kappa shape index (κ3) is 4.61. The van der Waals surface area contributed by atoms with E-state index < -0.39 is 0 Å². The summed E-state index contributed by atoms with van der Waals surface area (Å²) in [5, 5.41) is 0. The van der Waals surface area contributed by atoms with Crippen molar-refractivity contribution in [2.24, 2.45) is 5.92 Å². The number of rotatable bonds is 4. The number of aromatic nitrogens is 3. The minimum Gasteiger partial charge on any atom is -0.465 e. The molecule has 0 saturated heterocycles. The first-order valence-electron chi connectivity index (χ1n) is 15.1. The van der Waals surface area contributed by atoms with Gasteiger partial charge in [-0.25, -0.2) is 15.0 Å². The normalized spacial score (nSPS) is 20.9. The zero-order valence-electron chi connectivity index (χ0n) is 23.3. The molecule has 8 rings (SSSR count). The highest BCUT2D eigenvalue weighted by Crippen LogP contribution is 2.46. The smallest absolute Gasteiger partial charge is 0.164 e. The number of aryl methyl sites for hydroxylation is 1. The molecule has 2 heterocycles. The highest BCUT2D eigenvalue weighted by Gasteiger charge is 2.35. The minimum absolute atomic E-state index is 0.385. The van der Waals surface area contributed by atoms with Crippen LogP contribution in [-0.2, 0) is 11.2 Å². The van der Waals surface area contributed by atoms with Gasteiger partial charge in [-0.05, 0) is 97.4 Å². The van der Waals surface area contributed by atoms with Gasteiger partial charge in [0.05, 0.1) is 0 Å². The van der Waals surface area contributed by atoms with E-state index in [2.05, 4.69) is 85.0 Å². The highest BCUT2D eigenvalue weighted by atomic mass is 16.5. The lowest BCUT2D eigenvalue weighted by molar-refractivity contribution is 0.288. The molecule has 1 aromatic heterocycles. The van der Waals surface area contributed by atoms with Crippen molar-refractivity contribution in [3.8, 4) is 22.8 Å². The number of benzene rings is 2. The van der Waals surface area contributed by atoms with Gasteiger partial charge in [-0.2, -0.15) is 0 Å². The maximum absolute atomic E-state index is 6.40. The summed E-state index contributed by atoms with van der Waals surface area (Å²) >= 11 is 0. The van der Waals surface area contributed by atoms with E-state index in [0.29, 0.717) is 23.4 Å². The van der Waals surface area contributed by atoms with Gasteiger partial charge in [0, 0.05) is 29.0 Å². The summed E-state index contributed by atoms with van der Waals surface area (Å²) in [6, 6.07) is 15.2. The van der Waals surface area contributed by atoms with E-state index in [1.165, 1.54) is 46.4 Å². The molecule has 2 aromatic carbocycles. The number of nitrogens with zero attached hydrogens (tertiary/aromatic N) is 3. The monoisotopic (exact) mass is 535 g/mol. The molecule has 4 nitrogen and oxygen atoms in total. The Bertz CT molecular complexity index is 1750. The number of fused-ring (bicyclic) bond motifs is 3. The molecule has 0 saturated carbocycles. The topological polar surface area (TPSA) is 47.9 Å². The predicted molar refractivity (Wildman–Crippen MR) is 165 cm³/mol. The highest BCUT2D eigenvalue weighted by molar-refractivity contribution is 5.79. The Labute approximate surface area is 241 Å². The maximum Gasteiger partial charge on any atom is 0.164 e. The minimum atomic E-state index is 0.385. The molecular weight excluding hydrogens is 502 g/mol. The maximum atomic E-state index is 6.40. The quantitative estimate of drug-likeness (QED) is 0.334. The molecule has 1 unspecified atom stereocenters. The van der Waals surface area contributed by atoms with Crippen LogP contribution in [0.15, 0.2) is 96.0 Å². The molecule has 41 heavy (non-hydrogen) atoms. The second-order valence-corrected chi connectivity index (χ2v) is 11.6. The molecule has 4 aliphatic carbocycles. The molecular formula is C37H33N3O. The Kier molecular flexibility index (Phi) is 6.13. The van der Waals surface area contributed by atoms with E-state index >= 15 is 0 Å². The molecule has 5 aliphatic rings. The fourth-order valence-electron chi connectivity index (χ4n) is 6.77. The van der Waals surface area contributed by atoms with Crippen molar-refractivity contribution in [2.75, 3.05) is 0 Å². The van der Waals surface area contributed by atoms with Crippen molar-refractivity contribution < 1.29 is 4.74 Å². The van der Waals surface area contributed by atoms with Crippen LogP contribution in [0, 0.1) is 5.92 Å². The summed E-state index contributed by atoms with van der Waals surface area (Å²) in [4.78, 5) is 15.2. The molecule has 0 fully saturated rings. The van der Waals surface area contributed by atoms with Gasteiger partial charge in [0.25, 0.3) is 0 Å². The molecule has 0 radical (unpaired) electrons. The standard InChI is InChI=1S/C37H33N3O/c1-2-9-24(10-3-1)27-13-8-14-28(21-27)35-38-36(29-18-17-25-11-4-5-12-26(25)22-29)40-37(39-35)30-19-20-32-31-15-6-7-16-33(31)41-34(32)23-30/h2,5,8-10,12-14,17-19,21-23,32H,1,3-4,6-7,11,15-16,20H2.